The van der Waals surface area contributed by atoms with E-state index in [2.05, 4.69) is 18.3 Å². The summed E-state index contributed by atoms with van der Waals surface area (Å²) in [7, 11) is 0. The number of thiophene rings is 1. The van der Waals surface area contributed by atoms with Crippen LogP contribution >= 0.6 is 11.3 Å². The molecule has 0 bridgehead atoms. The molecule has 1 heterocycles. The summed E-state index contributed by atoms with van der Waals surface area (Å²) in [6, 6.07) is 13.4. The molecule has 2 rings (SSSR count). The molecule has 20 heavy (non-hydrogen) atoms. The highest BCUT2D eigenvalue weighted by atomic mass is 32.1. The minimum Gasteiger partial charge on any atom is -0.347 e. The van der Waals surface area contributed by atoms with Gasteiger partial charge in [0.05, 0.1) is 6.54 Å². The lowest BCUT2D eigenvalue weighted by atomic mass is 10.2. The zero-order valence-corrected chi connectivity index (χ0v) is 12.1. The second-order valence-electron chi connectivity index (χ2n) is 3.56. The highest BCUT2D eigenvalue weighted by molar-refractivity contribution is 7.11. The third-order valence-corrected chi connectivity index (χ3v) is 3.26. The van der Waals surface area contributed by atoms with Crippen LogP contribution in [0.1, 0.15) is 20.1 Å². The van der Waals surface area contributed by atoms with Gasteiger partial charge in [0, 0.05) is 15.3 Å². The lowest BCUT2D eigenvalue weighted by Crippen LogP contribution is -2.22. The lowest BCUT2D eigenvalue weighted by molar-refractivity contribution is -0.0987. The van der Waals surface area contributed by atoms with E-state index in [1.807, 2.05) is 50.0 Å². The molecule has 0 aliphatic heterocycles. The Morgan fingerprint density at radius 3 is 2.15 bits per heavy atom. The SMILES string of the molecule is C=O.C=O.Cc1ccc(CNC(=O)c2ccccc2)s1. The molecule has 0 saturated heterocycles. The van der Waals surface area contributed by atoms with E-state index in [1.54, 1.807) is 11.3 Å². The standard InChI is InChI=1S/C13H13NOS.2CH2O/c1-10-7-8-12(16-10)9-14-13(15)11-5-3-2-4-6-11;2*1-2/h2-8H,9H2,1H3,(H,14,15);2*1H2. The van der Waals surface area contributed by atoms with Crippen molar-refractivity contribution in [3.63, 3.8) is 0 Å². The van der Waals surface area contributed by atoms with Crippen LogP contribution in [0.15, 0.2) is 42.5 Å². The van der Waals surface area contributed by atoms with Gasteiger partial charge >= 0.3 is 0 Å². The van der Waals surface area contributed by atoms with Gasteiger partial charge in [0.25, 0.3) is 5.91 Å². The minimum atomic E-state index is -0.0216. The average molecular weight is 291 g/mol. The van der Waals surface area contributed by atoms with Gasteiger partial charge in [-0.2, -0.15) is 0 Å². The zero-order chi connectivity index (χ0) is 15.4. The molecule has 2 aromatic rings. The second-order valence-corrected chi connectivity index (χ2v) is 4.93. The molecule has 1 aromatic carbocycles. The van der Waals surface area contributed by atoms with Crippen molar-refractivity contribution < 1.29 is 14.4 Å². The number of rotatable bonds is 3. The predicted molar refractivity (Wildman–Crippen MR) is 80.9 cm³/mol. The number of nitrogens with one attached hydrogen (secondary N) is 1. The highest BCUT2D eigenvalue weighted by Gasteiger charge is 2.04. The van der Waals surface area contributed by atoms with Crippen molar-refractivity contribution in [2.75, 3.05) is 0 Å². The van der Waals surface area contributed by atoms with Crippen LogP contribution in [0.3, 0.4) is 0 Å². The molecule has 0 aliphatic carbocycles. The molecule has 1 amide bonds. The van der Waals surface area contributed by atoms with Crippen LogP contribution in [0, 0.1) is 6.92 Å². The fourth-order valence-corrected chi connectivity index (χ4v) is 2.27. The molecule has 5 heteroatoms. The van der Waals surface area contributed by atoms with Crippen molar-refractivity contribution in [3.8, 4) is 0 Å². The van der Waals surface area contributed by atoms with Gasteiger partial charge in [-0.15, -0.1) is 11.3 Å². The maximum Gasteiger partial charge on any atom is 0.251 e. The van der Waals surface area contributed by atoms with Gasteiger partial charge in [0.15, 0.2) is 0 Å². The molecule has 0 aliphatic rings. The average Bonchev–Trinajstić information content (AvgIpc) is 2.95. The van der Waals surface area contributed by atoms with Crippen LogP contribution < -0.4 is 5.32 Å². The van der Waals surface area contributed by atoms with Crippen molar-refractivity contribution in [1.82, 2.24) is 5.32 Å². The van der Waals surface area contributed by atoms with E-state index in [1.165, 1.54) is 9.75 Å². The number of carbonyl (C=O) groups is 3. The summed E-state index contributed by atoms with van der Waals surface area (Å²) < 4.78 is 0. The number of carbonyl (C=O) groups excluding carboxylic acids is 3. The molecule has 0 saturated carbocycles. The molecule has 0 spiro atoms. The number of hydrogen-bond acceptors (Lipinski definition) is 4. The van der Waals surface area contributed by atoms with E-state index in [4.69, 9.17) is 9.59 Å². The van der Waals surface area contributed by atoms with E-state index < -0.39 is 0 Å². The van der Waals surface area contributed by atoms with Crippen LogP contribution in [0.2, 0.25) is 0 Å². The Bertz CT molecular complexity index is 509. The van der Waals surface area contributed by atoms with Crippen LogP contribution in [0.4, 0.5) is 0 Å². The Kier molecular flexibility index (Phi) is 9.43. The summed E-state index contributed by atoms with van der Waals surface area (Å²) in [6.45, 7) is 6.67. The lowest BCUT2D eigenvalue weighted by Gasteiger charge is -2.02. The maximum absolute atomic E-state index is 11.7. The molecule has 1 N–H and O–H groups in total. The van der Waals surface area contributed by atoms with E-state index in [9.17, 15) is 4.79 Å². The number of benzene rings is 1. The van der Waals surface area contributed by atoms with Gasteiger partial charge in [0.1, 0.15) is 13.6 Å². The fourth-order valence-electron chi connectivity index (χ4n) is 1.44. The van der Waals surface area contributed by atoms with Crippen molar-refractivity contribution in [2.24, 2.45) is 0 Å². The largest absolute Gasteiger partial charge is 0.347 e. The van der Waals surface area contributed by atoms with E-state index in [-0.39, 0.29) is 5.91 Å². The molecule has 4 nitrogen and oxygen atoms in total. The third-order valence-electron chi connectivity index (χ3n) is 2.26. The molecular weight excluding hydrogens is 274 g/mol. The van der Waals surface area contributed by atoms with Gasteiger partial charge in [-0.1, -0.05) is 18.2 Å². The Morgan fingerprint density at radius 2 is 1.65 bits per heavy atom. The summed E-state index contributed by atoms with van der Waals surface area (Å²) in [5.41, 5.74) is 0.704. The smallest absolute Gasteiger partial charge is 0.251 e. The van der Waals surface area contributed by atoms with E-state index >= 15 is 0 Å². The molecule has 0 atom stereocenters. The normalized spacial score (nSPS) is 8.45. The van der Waals surface area contributed by atoms with Crippen molar-refractivity contribution in [1.29, 1.82) is 0 Å². The van der Waals surface area contributed by atoms with Gasteiger partial charge < -0.3 is 14.9 Å². The van der Waals surface area contributed by atoms with Crippen molar-refractivity contribution >= 4 is 30.8 Å². The van der Waals surface area contributed by atoms with Gasteiger partial charge in [-0.3, -0.25) is 4.79 Å². The summed E-state index contributed by atoms with van der Waals surface area (Å²) in [6.07, 6.45) is 0. The molecule has 0 radical (unpaired) electrons. The quantitative estimate of drug-likeness (QED) is 0.945. The van der Waals surface area contributed by atoms with Crippen LogP contribution in [0.25, 0.3) is 0 Å². The first kappa shape index (κ1) is 17.7. The predicted octanol–water partition coefficient (Wildman–Crippen LogP) is 2.62. The topological polar surface area (TPSA) is 63.2 Å². The fraction of sp³-hybridized carbons (Fsp3) is 0.133. The monoisotopic (exact) mass is 291 g/mol. The summed E-state index contributed by atoms with van der Waals surface area (Å²) >= 11 is 1.71. The van der Waals surface area contributed by atoms with E-state index in [0.717, 1.165) is 0 Å². The summed E-state index contributed by atoms with van der Waals surface area (Å²) in [4.78, 5) is 30.2. The van der Waals surface area contributed by atoms with Gasteiger partial charge in [-0.05, 0) is 31.2 Å². The summed E-state index contributed by atoms with van der Waals surface area (Å²) in [5, 5.41) is 2.90. The van der Waals surface area contributed by atoms with Crippen molar-refractivity contribution in [3.05, 3.63) is 57.8 Å². The van der Waals surface area contributed by atoms with Crippen LogP contribution in [-0.4, -0.2) is 19.5 Å². The molecular formula is C15H17NO3S. The number of aryl methyl sites for hydroxylation is 1. The summed E-state index contributed by atoms with van der Waals surface area (Å²) in [5.74, 6) is -0.0216. The molecule has 1 aromatic heterocycles. The van der Waals surface area contributed by atoms with Crippen LogP contribution in [-0.2, 0) is 16.1 Å². The maximum atomic E-state index is 11.7. The van der Waals surface area contributed by atoms with Gasteiger partial charge in [0.2, 0.25) is 0 Å². The number of hydrogen-bond donors (Lipinski definition) is 1. The van der Waals surface area contributed by atoms with E-state index in [0.29, 0.717) is 12.1 Å². The minimum absolute atomic E-state index is 0.0216. The molecule has 106 valence electrons. The highest BCUT2D eigenvalue weighted by Crippen LogP contribution is 2.14. The molecule has 0 unspecified atom stereocenters. The second kappa shape index (κ2) is 10.6. The number of amides is 1. The third kappa shape index (κ3) is 6.06. The van der Waals surface area contributed by atoms with Crippen LogP contribution in [0.5, 0.6) is 0 Å². The Morgan fingerprint density at radius 1 is 1.05 bits per heavy atom. The molecule has 0 fully saturated rings. The Labute approximate surface area is 122 Å². The first-order valence-electron chi connectivity index (χ1n) is 5.72. The Balaban J connectivity index is 0.000000829. The van der Waals surface area contributed by atoms with Crippen molar-refractivity contribution in [2.45, 2.75) is 13.5 Å². The first-order valence-corrected chi connectivity index (χ1v) is 6.53. The Hall–Kier alpha value is -2.27. The first-order chi connectivity index (χ1) is 9.75. The van der Waals surface area contributed by atoms with Gasteiger partial charge in [-0.25, -0.2) is 0 Å². The zero-order valence-electron chi connectivity index (χ0n) is 11.3.